The molecule has 0 saturated carbocycles. The van der Waals surface area contributed by atoms with Gasteiger partial charge in [-0.05, 0) is 24.6 Å². The molecule has 1 rings (SSSR count). The van der Waals surface area contributed by atoms with Crippen LogP contribution in [-0.2, 0) is 9.84 Å². The minimum absolute atomic E-state index is 0.239. The molecule has 17 heavy (non-hydrogen) atoms. The van der Waals surface area contributed by atoms with Crippen molar-refractivity contribution in [2.45, 2.75) is 18.2 Å². The van der Waals surface area contributed by atoms with Gasteiger partial charge in [-0.2, -0.15) is 0 Å². The van der Waals surface area contributed by atoms with Crippen LogP contribution in [0, 0.1) is 0 Å². The van der Waals surface area contributed by atoms with Crippen LogP contribution in [-0.4, -0.2) is 32.4 Å². The number of benzene rings is 1. The van der Waals surface area contributed by atoms with Crippen LogP contribution in [0.1, 0.15) is 13.3 Å². The van der Waals surface area contributed by atoms with Crippen molar-refractivity contribution < 1.29 is 13.5 Å². The number of aliphatic hydroxyl groups excluding tert-OH is 1. The maximum Gasteiger partial charge on any atom is 0.182 e. The third kappa shape index (κ3) is 3.97. The number of aliphatic hydroxyl groups is 1. The van der Waals surface area contributed by atoms with Gasteiger partial charge in [0.15, 0.2) is 9.84 Å². The maximum absolute atomic E-state index is 11.9. The molecule has 1 aromatic rings. The van der Waals surface area contributed by atoms with Crippen molar-refractivity contribution >= 4 is 31.5 Å². The van der Waals surface area contributed by atoms with Crippen molar-refractivity contribution in [2.24, 2.45) is 0 Å². The van der Waals surface area contributed by atoms with Crippen molar-refractivity contribution in [3.05, 3.63) is 22.7 Å². The van der Waals surface area contributed by atoms with Crippen LogP contribution in [0.3, 0.4) is 0 Å². The lowest BCUT2D eigenvalue weighted by Gasteiger charge is -2.12. The van der Waals surface area contributed by atoms with Gasteiger partial charge in [0.25, 0.3) is 0 Å². The number of hydrogen-bond donors (Lipinski definition) is 2. The van der Waals surface area contributed by atoms with E-state index in [1.165, 1.54) is 0 Å². The Morgan fingerprint density at radius 1 is 1.41 bits per heavy atom. The van der Waals surface area contributed by atoms with E-state index < -0.39 is 9.84 Å². The quantitative estimate of drug-likeness (QED) is 0.841. The van der Waals surface area contributed by atoms with Gasteiger partial charge in [-0.1, -0.05) is 22.9 Å². The van der Waals surface area contributed by atoms with E-state index in [1.54, 1.807) is 18.2 Å². The van der Waals surface area contributed by atoms with Crippen LogP contribution >= 0.6 is 15.9 Å². The van der Waals surface area contributed by atoms with E-state index in [4.69, 9.17) is 5.11 Å². The summed E-state index contributed by atoms with van der Waals surface area (Å²) in [7, 11) is -3.42. The second-order valence-electron chi connectivity index (χ2n) is 3.61. The summed E-state index contributed by atoms with van der Waals surface area (Å²) in [6.45, 7) is 2.34. The first-order valence-corrected chi connectivity index (χ1v) is 7.83. The standard InChI is InChI=1S/C11H16BrNO3S/c1-2-5-13-10-8-9(12)3-4-11(10)17(15,16)7-6-14/h3-4,8,13-14H,2,5-7H2,1H3. The largest absolute Gasteiger partial charge is 0.395 e. The van der Waals surface area contributed by atoms with Crippen LogP contribution in [0.15, 0.2) is 27.6 Å². The molecule has 0 aromatic heterocycles. The maximum atomic E-state index is 11.9. The van der Waals surface area contributed by atoms with Gasteiger partial charge in [-0.3, -0.25) is 0 Å². The molecule has 6 heteroatoms. The van der Waals surface area contributed by atoms with Gasteiger partial charge in [0, 0.05) is 11.0 Å². The van der Waals surface area contributed by atoms with Crippen LogP contribution < -0.4 is 5.32 Å². The number of nitrogens with one attached hydrogen (secondary N) is 1. The third-order valence-corrected chi connectivity index (χ3v) is 4.44. The molecule has 0 atom stereocenters. The van der Waals surface area contributed by atoms with Crippen LogP contribution in [0.25, 0.3) is 0 Å². The first kappa shape index (κ1) is 14.5. The Hall–Kier alpha value is -0.590. The van der Waals surface area contributed by atoms with Crippen LogP contribution in [0.2, 0.25) is 0 Å². The molecule has 0 amide bonds. The summed E-state index contributed by atoms with van der Waals surface area (Å²) >= 11 is 3.31. The topological polar surface area (TPSA) is 66.4 Å². The molecule has 2 N–H and O–H groups in total. The van der Waals surface area contributed by atoms with Gasteiger partial charge in [-0.25, -0.2) is 8.42 Å². The Kier molecular flexibility index (Phi) is 5.42. The molecule has 0 spiro atoms. The van der Waals surface area contributed by atoms with Crippen molar-refractivity contribution in [3.8, 4) is 0 Å². The Bertz CT molecular complexity index is 474. The molecule has 0 aliphatic heterocycles. The summed E-state index contributed by atoms with van der Waals surface area (Å²) < 4.78 is 24.6. The molecule has 0 aliphatic rings. The number of hydrogen-bond acceptors (Lipinski definition) is 4. The summed E-state index contributed by atoms with van der Waals surface area (Å²) in [6.07, 6.45) is 0.909. The summed E-state index contributed by atoms with van der Waals surface area (Å²) in [4.78, 5) is 0.239. The van der Waals surface area contributed by atoms with Crippen molar-refractivity contribution in [1.82, 2.24) is 0 Å². The minimum Gasteiger partial charge on any atom is -0.395 e. The normalized spacial score (nSPS) is 11.5. The van der Waals surface area contributed by atoms with E-state index in [1.807, 2.05) is 6.92 Å². The molecule has 96 valence electrons. The second-order valence-corrected chi connectivity index (χ2v) is 6.60. The highest BCUT2D eigenvalue weighted by molar-refractivity contribution is 9.10. The highest BCUT2D eigenvalue weighted by Gasteiger charge is 2.18. The molecule has 0 radical (unpaired) electrons. The Morgan fingerprint density at radius 2 is 2.12 bits per heavy atom. The van der Waals surface area contributed by atoms with Gasteiger partial charge in [0.2, 0.25) is 0 Å². The molecule has 4 nitrogen and oxygen atoms in total. The summed E-state index contributed by atoms with van der Waals surface area (Å²) in [5, 5.41) is 11.9. The highest BCUT2D eigenvalue weighted by Crippen LogP contribution is 2.26. The number of anilines is 1. The molecular formula is C11H16BrNO3S. The Morgan fingerprint density at radius 3 is 2.71 bits per heavy atom. The zero-order valence-electron chi connectivity index (χ0n) is 9.61. The summed E-state index contributed by atoms with van der Waals surface area (Å²) in [6, 6.07) is 4.97. The lowest BCUT2D eigenvalue weighted by Crippen LogP contribution is -2.13. The molecule has 1 aromatic carbocycles. The van der Waals surface area contributed by atoms with Gasteiger partial charge >= 0.3 is 0 Å². The third-order valence-electron chi connectivity index (χ3n) is 2.20. The lowest BCUT2D eigenvalue weighted by molar-refractivity contribution is 0.319. The van der Waals surface area contributed by atoms with Gasteiger partial charge in [0.1, 0.15) is 0 Å². The van der Waals surface area contributed by atoms with Crippen LogP contribution in [0.5, 0.6) is 0 Å². The smallest absolute Gasteiger partial charge is 0.182 e. The molecule has 0 aliphatic carbocycles. The average molecular weight is 322 g/mol. The van der Waals surface area contributed by atoms with E-state index in [-0.39, 0.29) is 17.3 Å². The zero-order chi connectivity index (χ0) is 12.9. The van der Waals surface area contributed by atoms with Crippen LogP contribution in [0.4, 0.5) is 5.69 Å². The molecule has 0 heterocycles. The van der Waals surface area contributed by atoms with Gasteiger partial charge in [-0.15, -0.1) is 0 Å². The monoisotopic (exact) mass is 321 g/mol. The fourth-order valence-electron chi connectivity index (χ4n) is 1.40. The number of sulfone groups is 1. The van der Waals surface area contributed by atoms with E-state index in [0.717, 1.165) is 10.9 Å². The predicted molar refractivity (Wildman–Crippen MR) is 72.1 cm³/mol. The van der Waals surface area contributed by atoms with E-state index in [2.05, 4.69) is 21.2 Å². The SMILES string of the molecule is CCCNc1cc(Br)ccc1S(=O)(=O)CCO. The minimum atomic E-state index is -3.42. The summed E-state index contributed by atoms with van der Waals surface area (Å²) in [5.41, 5.74) is 0.578. The first-order chi connectivity index (χ1) is 8.01. The van der Waals surface area contributed by atoms with E-state index in [9.17, 15) is 8.42 Å². The van der Waals surface area contributed by atoms with Crippen molar-refractivity contribution in [1.29, 1.82) is 0 Å². The fraction of sp³-hybridized carbons (Fsp3) is 0.455. The van der Waals surface area contributed by atoms with Gasteiger partial charge < -0.3 is 10.4 Å². The molecule has 0 fully saturated rings. The second kappa shape index (κ2) is 6.37. The van der Waals surface area contributed by atoms with E-state index in [0.29, 0.717) is 12.2 Å². The average Bonchev–Trinajstić information content (AvgIpc) is 2.26. The molecular weight excluding hydrogens is 306 g/mol. The summed E-state index contributed by atoms with van der Waals surface area (Å²) in [5.74, 6) is -0.255. The number of halogens is 1. The van der Waals surface area contributed by atoms with Crippen molar-refractivity contribution in [2.75, 3.05) is 24.2 Å². The Labute approximate surface area is 110 Å². The zero-order valence-corrected chi connectivity index (χ0v) is 12.0. The number of rotatable bonds is 6. The highest BCUT2D eigenvalue weighted by atomic mass is 79.9. The first-order valence-electron chi connectivity index (χ1n) is 5.38. The lowest BCUT2D eigenvalue weighted by atomic mass is 10.3. The van der Waals surface area contributed by atoms with E-state index >= 15 is 0 Å². The molecule has 0 unspecified atom stereocenters. The molecule has 0 saturated heterocycles. The molecule has 0 bridgehead atoms. The predicted octanol–water partition coefficient (Wildman–Crippen LogP) is 2.04. The van der Waals surface area contributed by atoms with Gasteiger partial charge in [0.05, 0.1) is 22.9 Å². The Balaban J connectivity index is 3.14. The van der Waals surface area contributed by atoms with Crippen molar-refractivity contribution in [3.63, 3.8) is 0 Å². The fourth-order valence-corrected chi connectivity index (χ4v) is 2.96.